The summed E-state index contributed by atoms with van der Waals surface area (Å²) in [4.78, 5) is 35.3. The van der Waals surface area contributed by atoms with E-state index in [1.165, 1.54) is 23.9 Å². The van der Waals surface area contributed by atoms with Crippen molar-refractivity contribution in [3.8, 4) is 11.1 Å². The Morgan fingerprint density at radius 3 is 1.79 bits per heavy atom. The minimum absolute atomic E-state index is 0.0618. The molecule has 0 aliphatic heterocycles. The predicted molar refractivity (Wildman–Crippen MR) is 229 cm³/mol. The van der Waals surface area contributed by atoms with E-state index >= 15 is 0 Å². The number of hydrogen-bond acceptors (Lipinski definition) is 5. The van der Waals surface area contributed by atoms with Crippen molar-refractivity contribution in [2.24, 2.45) is 0 Å². The number of rotatable bonds is 13. The Balaban J connectivity index is 1.63. The molecular formula is C36H28B10F4N4O2S. The Hall–Kier alpha value is -3.31. The summed E-state index contributed by atoms with van der Waals surface area (Å²) in [5.41, 5.74) is -5.51. The lowest BCUT2D eigenvalue weighted by molar-refractivity contribution is -0.136. The molecule has 4 aromatic rings. The Bertz CT molecular complexity index is 2210. The van der Waals surface area contributed by atoms with Crippen LogP contribution in [0.15, 0.2) is 34.2 Å². The maximum atomic E-state index is 14.7. The Morgan fingerprint density at radius 2 is 1.30 bits per heavy atom. The molecule has 0 saturated heterocycles. The minimum atomic E-state index is -5.01. The molecule has 1 amide bonds. The van der Waals surface area contributed by atoms with Crippen molar-refractivity contribution in [2.45, 2.75) is 62.1 Å². The summed E-state index contributed by atoms with van der Waals surface area (Å²) in [6.45, 7) is 4.96. The normalized spacial score (nSPS) is 13.0. The van der Waals surface area contributed by atoms with Gasteiger partial charge in [-0.1, -0.05) is 87.0 Å². The highest BCUT2D eigenvalue weighted by molar-refractivity contribution is 7.98. The summed E-state index contributed by atoms with van der Waals surface area (Å²) in [6.07, 6.45) is -3.37. The Kier molecular flexibility index (Phi) is 13.8. The number of carbonyl (C=O) groups is 1. The van der Waals surface area contributed by atoms with Crippen molar-refractivity contribution < 1.29 is 22.4 Å². The molecule has 268 valence electrons. The van der Waals surface area contributed by atoms with Crippen LogP contribution in [0.4, 0.5) is 17.6 Å². The number of nitrogens with zero attached hydrogens (tertiary/aromatic N) is 4. The monoisotopic (exact) mass is 766 g/mol. The van der Waals surface area contributed by atoms with Crippen molar-refractivity contribution in [3.05, 3.63) is 68.4 Å². The average molecular weight is 765 g/mol. The molecule has 1 heterocycles. The molecular weight excluding hydrogens is 737 g/mol. The molecule has 57 heavy (non-hydrogen) atoms. The molecule has 0 saturated carbocycles. The van der Waals surface area contributed by atoms with Crippen LogP contribution in [0.2, 0.25) is 0 Å². The number of likely N-dealkylation sites (N-methyl/N-ethyl adjacent to an activating group) is 1. The summed E-state index contributed by atoms with van der Waals surface area (Å²) < 4.78 is 56.9. The van der Waals surface area contributed by atoms with E-state index in [9.17, 15) is 27.2 Å². The summed E-state index contributed by atoms with van der Waals surface area (Å²) in [5, 5.41) is -2.07. The maximum absolute atomic E-state index is 14.7. The molecule has 20 radical (unpaired) electrons. The second kappa shape index (κ2) is 17.5. The lowest BCUT2D eigenvalue weighted by atomic mass is 9.49. The summed E-state index contributed by atoms with van der Waals surface area (Å²) >= 11 is 1.20. The summed E-state index contributed by atoms with van der Waals surface area (Å²) in [5.74, 6) is -0.709. The fourth-order valence-electron chi connectivity index (χ4n) is 7.17. The molecule has 0 bridgehead atoms. The number of amides is 1. The number of halogens is 4. The van der Waals surface area contributed by atoms with E-state index in [0.29, 0.717) is 55.9 Å². The number of hydrogen-bond donors (Lipinski definition) is 0. The van der Waals surface area contributed by atoms with Gasteiger partial charge in [-0.15, -0.1) is 0 Å². The minimum Gasteiger partial charge on any atom is -0.347 e. The lowest BCUT2D eigenvalue weighted by Crippen LogP contribution is -2.61. The molecule has 6 nitrogen and oxygen atoms in total. The summed E-state index contributed by atoms with van der Waals surface area (Å²) in [6, 6.07) is 5.86. The first kappa shape index (κ1) is 44.8. The second-order valence-electron chi connectivity index (χ2n) is 13.7. The maximum Gasteiger partial charge on any atom is 0.415 e. The molecule has 0 atom stereocenters. The third-order valence-corrected chi connectivity index (χ3v) is 11.4. The van der Waals surface area contributed by atoms with Gasteiger partial charge in [0, 0.05) is 35.7 Å². The van der Waals surface area contributed by atoms with Crippen LogP contribution in [0.3, 0.4) is 0 Å². The number of aromatic nitrogens is 2. The van der Waals surface area contributed by atoms with Crippen molar-refractivity contribution in [3.63, 3.8) is 0 Å². The third-order valence-electron chi connectivity index (χ3n) is 10.3. The standard InChI is InChI=1S/C36H28B10F4N4O2S/c1-3-52(4-2)12-13-54(20(55)14-53-19-7-5-6-18(19)33(56)51-34(53)57-15-16-8-10-17(47)11-9-16)35(45,46)23-29(41)25(37)21(26(38)30(23)42)22-27(39)31(43)24(36(48,49)50)32(44)28(22)40/h8-11H,3-7,12-15H2,1-2H3. The third kappa shape index (κ3) is 8.71. The van der Waals surface area contributed by atoms with Crippen LogP contribution in [0.1, 0.15) is 48.2 Å². The van der Waals surface area contributed by atoms with Crippen molar-refractivity contribution in [2.75, 3.05) is 26.2 Å². The van der Waals surface area contributed by atoms with Gasteiger partial charge in [0.15, 0.2) is 5.16 Å². The molecule has 1 aliphatic rings. The van der Waals surface area contributed by atoms with E-state index in [1.807, 2.05) is 18.7 Å². The van der Waals surface area contributed by atoms with Crippen LogP contribution < -0.4 is 49.3 Å². The first-order chi connectivity index (χ1) is 26.7. The molecule has 3 aromatic carbocycles. The largest absolute Gasteiger partial charge is 0.415 e. The van der Waals surface area contributed by atoms with Gasteiger partial charge >= 0.3 is 6.18 Å². The van der Waals surface area contributed by atoms with Gasteiger partial charge in [-0.3, -0.25) is 9.59 Å². The second-order valence-corrected chi connectivity index (χ2v) is 14.6. The fourth-order valence-corrected chi connectivity index (χ4v) is 8.14. The fraction of sp³-hybridized carbons (Fsp3) is 0.361. The van der Waals surface area contributed by atoms with Crippen molar-refractivity contribution >= 4 is 140 Å². The SMILES string of the molecule is [B]c1c([B])c(C(F)(F)F)c([B])c([B])c1-c1c([B])c([B])c(C([B])([B])N(CCN(CC)CC)C(=O)Cn2c(SCc3ccc(F)cc3)nc(=O)c3c2CCC3)c([B])c1[B]. The number of benzene rings is 3. The van der Waals surface area contributed by atoms with Gasteiger partial charge in [-0.25, -0.2) is 4.39 Å². The zero-order chi connectivity index (χ0) is 42.3. The van der Waals surface area contributed by atoms with Crippen LogP contribution in [0.25, 0.3) is 11.1 Å². The van der Waals surface area contributed by atoms with Crippen LogP contribution in [0.5, 0.6) is 0 Å². The Labute approximate surface area is 348 Å². The van der Waals surface area contributed by atoms with Crippen molar-refractivity contribution in [1.82, 2.24) is 19.4 Å². The van der Waals surface area contributed by atoms with E-state index in [-0.39, 0.29) is 56.8 Å². The highest BCUT2D eigenvalue weighted by Gasteiger charge is 2.38. The number of fused-ring (bicyclic) bond motifs is 1. The predicted octanol–water partition coefficient (Wildman–Crippen LogP) is -3.48. The highest BCUT2D eigenvalue weighted by Crippen LogP contribution is 2.29. The van der Waals surface area contributed by atoms with Crippen molar-refractivity contribution in [1.29, 1.82) is 0 Å². The molecule has 0 N–H and O–H groups in total. The van der Waals surface area contributed by atoms with Crippen LogP contribution in [-0.2, 0) is 41.4 Å². The van der Waals surface area contributed by atoms with Gasteiger partial charge in [0.1, 0.15) is 75.1 Å². The van der Waals surface area contributed by atoms with E-state index in [0.717, 1.165) is 10.5 Å². The van der Waals surface area contributed by atoms with Gasteiger partial charge in [-0.2, -0.15) is 18.2 Å². The van der Waals surface area contributed by atoms with Gasteiger partial charge in [0.2, 0.25) is 5.91 Å². The smallest absolute Gasteiger partial charge is 0.347 e. The number of carbonyl (C=O) groups excluding carboxylic acids is 1. The first-order valence-corrected chi connectivity index (χ1v) is 18.9. The zero-order valence-electron chi connectivity index (χ0n) is 31.5. The van der Waals surface area contributed by atoms with Gasteiger partial charge in [0.05, 0.1) is 15.7 Å². The first-order valence-electron chi connectivity index (χ1n) is 17.9. The molecule has 0 unspecified atom stereocenters. The highest BCUT2D eigenvalue weighted by atomic mass is 32.2. The quantitative estimate of drug-likeness (QED) is 0.0614. The summed E-state index contributed by atoms with van der Waals surface area (Å²) in [7, 11) is 63.9. The van der Waals surface area contributed by atoms with Crippen LogP contribution in [0, 0.1) is 5.82 Å². The molecule has 0 fully saturated rings. The van der Waals surface area contributed by atoms with E-state index < -0.39 is 56.2 Å². The van der Waals surface area contributed by atoms with Gasteiger partial charge in [-0.05, 0) is 66.5 Å². The van der Waals surface area contributed by atoms with Gasteiger partial charge in [0.25, 0.3) is 5.56 Å². The molecule has 1 aliphatic carbocycles. The van der Waals surface area contributed by atoms with E-state index in [2.05, 4.69) is 4.98 Å². The van der Waals surface area contributed by atoms with Gasteiger partial charge < -0.3 is 14.4 Å². The molecule has 5 rings (SSSR count). The lowest BCUT2D eigenvalue weighted by Gasteiger charge is -2.45. The number of alkyl halides is 3. The average Bonchev–Trinajstić information content (AvgIpc) is 3.65. The van der Waals surface area contributed by atoms with E-state index in [4.69, 9.17) is 78.5 Å². The molecule has 1 aromatic heterocycles. The molecule has 0 spiro atoms. The van der Waals surface area contributed by atoms with Crippen LogP contribution >= 0.6 is 11.8 Å². The topological polar surface area (TPSA) is 58.4 Å². The zero-order valence-corrected chi connectivity index (χ0v) is 32.3. The van der Waals surface area contributed by atoms with Crippen LogP contribution in [-0.4, -0.2) is 130 Å². The molecule has 21 heteroatoms. The number of thioether (sulfide) groups is 1. The van der Waals surface area contributed by atoms with E-state index in [1.54, 1.807) is 16.7 Å². The Morgan fingerprint density at radius 1 is 0.789 bits per heavy atom.